The van der Waals surface area contributed by atoms with Crippen molar-refractivity contribution in [1.29, 1.82) is 0 Å². The third-order valence-corrected chi connectivity index (χ3v) is 3.57. The first-order valence-electron chi connectivity index (χ1n) is 8.29. The zero-order valence-corrected chi connectivity index (χ0v) is 15.0. The Labute approximate surface area is 152 Å². The third kappa shape index (κ3) is 5.73. The normalized spacial score (nSPS) is 10.3. The highest BCUT2D eigenvalue weighted by atomic mass is 16.5. The van der Waals surface area contributed by atoms with Gasteiger partial charge in [0, 0.05) is 28.9 Å². The number of benzene rings is 2. The SMILES string of the molecule is CC(=O)c1ccc(NC(=O)COc2cccc(NC(=O)C(C)C)c2)cc1. The summed E-state index contributed by atoms with van der Waals surface area (Å²) in [6.45, 7) is 4.93. The summed E-state index contributed by atoms with van der Waals surface area (Å²) < 4.78 is 5.47. The van der Waals surface area contributed by atoms with E-state index < -0.39 is 0 Å². The Morgan fingerprint density at radius 3 is 2.27 bits per heavy atom. The molecule has 0 saturated carbocycles. The number of carbonyl (C=O) groups is 3. The van der Waals surface area contributed by atoms with E-state index in [0.717, 1.165) is 0 Å². The lowest BCUT2D eigenvalue weighted by atomic mass is 10.1. The first-order valence-corrected chi connectivity index (χ1v) is 8.29. The van der Waals surface area contributed by atoms with Gasteiger partial charge in [0.25, 0.3) is 5.91 Å². The molecule has 136 valence electrons. The van der Waals surface area contributed by atoms with E-state index in [9.17, 15) is 14.4 Å². The number of ketones is 1. The molecule has 0 spiro atoms. The summed E-state index contributed by atoms with van der Waals surface area (Å²) >= 11 is 0. The van der Waals surface area contributed by atoms with Crippen LogP contribution in [0, 0.1) is 5.92 Å². The lowest BCUT2D eigenvalue weighted by molar-refractivity contribution is -0.119. The molecule has 0 heterocycles. The molecule has 0 unspecified atom stereocenters. The second kappa shape index (κ2) is 8.80. The molecular formula is C20H22N2O4. The molecule has 0 aliphatic rings. The van der Waals surface area contributed by atoms with Gasteiger partial charge in [-0.15, -0.1) is 0 Å². The number of nitrogens with one attached hydrogen (secondary N) is 2. The summed E-state index contributed by atoms with van der Waals surface area (Å²) in [6, 6.07) is 13.5. The van der Waals surface area contributed by atoms with Crippen molar-refractivity contribution in [3.8, 4) is 5.75 Å². The highest BCUT2D eigenvalue weighted by Gasteiger charge is 2.09. The van der Waals surface area contributed by atoms with Gasteiger partial charge in [-0.3, -0.25) is 14.4 Å². The van der Waals surface area contributed by atoms with Crippen molar-refractivity contribution in [3.05, 3.63) is 54.1 Å². The van der Waals surface area contributed by atoms with Crippen molar-refractivity contribution < 1.29 is 19.1 Å². The van der Waals surface area contributed by atoms with Gasteiger partial charge in [-0.1, -0.05) is 19.9 Å². The van der Waals surface area contributed by atoms with Crippen LogP contribution < -0.4 is 15.4 Å². The minimum atomic E-state index is -0.322. The molecule has 0 aliphatic heterocycles. The fourth-order valence-electron chi connectivity index (χ4n) is 2.08. The molecule has 2 rings (SSSR count). The number of hydrogen-bond acceptors (Lipinski definition) is 4. The second-order valence-electron chi connectivity index (χ2n) is 6.14. The Balaban J connectivity index is 1.88. The maximum Gasteiger partial charge on any atom is 0.262 e. The van der Waals surface area contributed by atoms with Crippen molar-refractivity contribution in [2.24, 2.45) is 5.92 Å². The van der Waals surface area contributed by atoms with Crippen LogP contribution >= 0.6 is 0 Å². The standard InChI is InChI=1S/C20H22N2O4/c1-13(2)20(25)22-17-5-4-6-18(11-17)26-12-19(24)21-16-9-7-15(8-10-16)14(3)23/h4-11,13H,12H2,1-3H3,(H,21,24)(H,22,25). The highest BCUT2D eigenvalue weighted by molar-refractivity contribution is 5.96. The van der Waals surface area contributed by atoms with Gasteiger partial charge in [0.05, 0.1) is 0 Å². The predicted molar refractivity (Wildman–Crippen MR) is 100 cm³/mol. The Morgan fingerprint density at radius 2 is 1.65 bits per heavy atom. The topological polar surface area (TPSA) is 84.5 Å². The molecule has 0 aliphatic carbocycles. The van der Waals surface area contributed by atoms with Gasteiger partial charge in [-0.2, -0.15) is 0 Å². The lowest BCUT2D eigenvalue weighted by Gasteiger charge is -2.11. The van der Waals surface area contributed by atoms with Crippen molar-refractivity contribution in [2.75, 3.05) is 17.2 Å². The Bertz CT molecular complexity index is 798. The Hall–Kier alpha value is -3.15. The van der Waals surface area contributed by atoms with E-state index >= 15 is 0 Å². The average Bonchev–Trinajstić information content (AvgIpc) is 2.60. The number of ether oxygens (including phenoxy) is 1. The van der Waals surface area contributed by atoms with Crippen molar-refractivity contribution in [2.45, 2.75) is 20.8 Å². The smallest absolute Gasteiger partial charge is 0.262 e. The van der Waals surface area contributed by atoms with E-state index in [1.54, 1.807) is 48.5 Å². The molecule has 26 heavy (non-hydrogen) atoms. The Kier molecular flexibility index (Phi) is 6.49. The Morgan fingerprint density at radius 1 is 0.962 bits per heavy atom. The van der Waals surface area contributed by atoms with Gasteiger partial charge >= 0.3 is 0 Å². The van der Waals surface area contributed by atoms with E-state index in [2.05, 4.69) is 10.6 Å². The van der Waals surface area contributed by atoms with Gasteiger partial charge in [0.2, 0.25) is 5.91 Å². The minimum absolute atomic E-state index is 0.0318. The quantitative estimate of drug-likeness (QED) is 0.745. The minimum Gasteiger partial charge on any atom is -0.484 e. The van der Waals surface area contributed by atoms with Gasteiger partial charge in [-0.25, -0.2) is 0 Å². The van der Waals surface area contributed by atoms with E-state index in [1.165, 1.54) is 6.92 Å². The highest BCUT2D eigenvalue weighted by Crippen LogP contribution is 2.18. The van der Waals surface area contributed by atoms with Crippen LogP contribution in [0.3, 0.4) is 0 Å². The third-order valence-electron chi connectivity index (χ3n) is 3.57. The van der Waals surface area contributed by atoms with E-state index in [1.807, 2.05) is 13.8 Å². The second-order valence-corrected chi connectivity index (χ2v) is 6.14. The zero-order chi connectivity index (χ0) is 19.1. The molecule has 6 heteroatoms. The van der Waals surface area contributed by atoms with Crippen LogP contribution in [0.25, 0.3) is 0 Å². The van der Waals surface area contributed by atoms with E-state index in [0.29, 0.717) is 22.7 Å². The fourth-order valence-corrected chi connectivity index (χ4v) is 2.08. The van der Waals surface area contributed by atoms with Crippen LogP contribution in [0.5, 0.6) is 5.75 Å². The van der Waals surface area contributed by atoms with Crippen LogP contribution in [0.4, 0.5) is 11.4 Å². The molecule has 2 aromatic rings. The predicted octanol–water partition coefficient (Wildman–Crippen LogP) is 3.50. The maximum absolute atomic E-state index is 12.0. The van der Waals surface area contributed by atoms with Crippen LogP contribution in [-0.4, -0.2) is 24.2 Å². The summed E-state index contributed by atoms with van der Waals surface area (Å²) in [6.07, 6.45) is 0. The summed E-state index contributed by atoms with van der Waals surface area (Å²) in [5.41, 5.74) is 1.78. The van der Waals surface area contributed by atoms with Crippen LogP contribution in [0.2, 0.25) is 0 Å². The number of amides is 2. The number of anilines is 2. The van der Waals surface area contributed by atoms with Crippen LogP contribution in [0.1, 0.15) is 31.1 Å². The van der Waals surface area contributed by atoms with Crippen molar-refractivity contribution in [1.82, 2.24) is 0 Å². The zero-order valence-electron chi connectivity index (χ0n) is 15.0. The average molecular weight is 354 g/mol. The van der Waals surface area contributed by atoms with Crippen molar-refractivity contribution in [3.63, 3.8) is 0 Å². The number of hydrogen-bond donors (Lipinski definition) is 2. The van der Waals surface area contributed by atoms with Gasteiger partial charge < -0.3 is 15.4 Å². The molecule has 0 fully saturated rings. The van der Waals surface area contributed by atoms with Gasteiger partial charge in [-0.05, 0) is 43.3 Å². The summed E-state index contributed by atoms with van der Waals surface area (Å²) in [7, 11) is 0. The molecule has 0 aromatic heterocycles. The molecule has 0 saturated heterocycles. The first-order chi connectivity index (χ1) is 12.3. The number of carbonyl (C=O) groups excluding carboxylic acids is 3. The number of Topliss-reactive ketones (excluding diaryl/α,β-unsaturated/α-hetero) is 1. The molecule has 2 aromatic carbocycles. The molecule has 2 N–H and O–H groups in total. The summed E-state index contributed by atoms with van der Waals surface area (Å²) in [5.74, 6) is -0.0879. The van der Waals surface area contributed by atoms with Gasteiger partial charge in [0.1, 0.15) is 5.75 Å². The molecule has 0 bridgehead atoms. The summed E-state index contributed by atoms with van der Waals surface area (Å²) in [4.78, 5) is 34.9. The molecule has 0 atom stereocenters. The molecule has 6 nitrogen and oxygen atoms in total. The van der Waals surface area contributed by atoms with Crippen LogP contribution in [0.15, 0.2) is 48.5 Å². The van der Waals surface area contributed by atoms with Crippen LogP contribution in [-0.2, 0) is 9.59 Å². The molecular weight excluding hydrogens is 332 g/mol. The summed E-state index contributed by atoms with van der Waals surface area (Å²) in [5, 5.41) is 5.47. The first kappa shape index (κ1) is 19.2. The molecule has 0 radical (unpaired) electrons. The largest absolute Gasteiger partial charge is 0.484 e. The monoisotopic (exact) mass is 354 g/mol. The maximum atomic E-state index is 12.0. The van der Waals surface area contributed by atoms with Crippen molar-refractivity contribution >= 4 is 29.0 Å². The number of rotatable bonds is 7. The van der Waals surface area contributed by atoms with E-state index in [4.69, 9.17) is 4.74 Å². The lowest BCUT2D eigenvalue weighted by Crippen LogP contribution is -2.20. The van der Waals surface area contributed by atoms with E-state index in [-0.39, 0.29) is 30.1 Å². The fraction of sp³-hybridized carbons (Fsp3) is 0.250. The van der Waals surface area contributed by atoms with Gasteiger partial charge in [0.15, 0.2) is 12.4 Å². The molecule has 2 amide bonds.